The summed E-state index contributed by atoms with van der Waals surface area (Å²) in [6.45, 7) is 8.26. The molecule has 0 saturated heterocycles. The molecule has 3 atom stereocenters. The fourth-order valence-electron chi connectivity index (χ4n) is 3.87. The fourth-order valence-corrected chi connectivity index (χ4v) is 6.25. The zero-order valence-corrected chi connectivity index (χ0v) is 23.9. The summed E-state index contributed by atoms with van der Waals surface area (Å²) in [5, 5.41) is 4.86. The summed E-state index contributed by atoms with van der Waals surface area (Å²) in [5.74, 6) is -0.563. The van der Waals surface area contributed by atoms with E-state index in [4.69, 9.17) is 15.2 Å². The molecule has 11 nitrogen and oxygen atoms in total. The maximum absolute atomic E-state index is 14.3. The summed E-state index contributed by atoms with van der Waals surface area (Å²) in [6, 6.07) is 3.39. The molecule has 2 heterocycles. The van der Waals surface area contributed by atoms with Crippen LogP contribution in [0.4, 0.5) is 19.0 Å². The molecule has 0 fully saturated rings. The van der Waals surface area contributed by atoms with Crippen LogP contribution in [0.2, 0.25) is 0 Å². The first-order chi connectivity index (χ1) is 18.6. The van der Waals surface area contributed by atoms with E-state index in [9.17, 15) is 22.5 Å². The van der Waals surface area contributed by atoms with Crippen LogP contribution in [-0.4, -0.2) is 56.3 Å². The third kappa shape index (κ3) is 8.00. The van der Waals surface area contributed by atoms with E-state index in [2.05, 4.69) is 25.1 Å². The molecule has 0 aliphatic heterocycles. The van der Waals surface area contributed by atoms with Crippen molar-refractivity contribution in [3.63, 3.8) is 0 Å². The number of aromatic nitrogens is 4. The van der Waals surface area contributed by atoms with Crippen molar-refractivity contribution in [1.82, 2.24) is 29.7 Å². The Morgan fingerprint density at radius 3 is 2.48 bits per heavy atom. The van der Waals surface area contributed by atoms with Gasteiger partial charge in [-0.2, -0.15) is 13.2 Å². The van der Waals surface area contributed by atoms with Crippen molar-refractivity contribution < 1.29 is 32.0 Å². The van der Waals surface area contributed by atoms with Crippen molar-refractivity contribution in [3.8, 4) is 0 Å². The van der Waals surface area contributed by atoms with Crippen LogP contribution in [0.25, 0.3) is 11.2 Å². The summed E-state index contributed by atoms with van der Waals surface area (Å²) >= 11 is 0. The highest BCUT2D eigenvalue weighted by molar-refractivity contribution is 7.59. The number of anilines is 1. The summed E-state index contributed by atoms with van der Waals surface area (Å²) in [6.07, 6.45) is -2.81. The number of rotatable bonds is 13. The van der Waals surface area contributed by atoms with Crippen molar-refractivity contribution in [1.29, 1.82) is 0 Å². The molecule has 15 heteroatoms. The van der Waals surface area contributed by atoms with E-state index < -0.39 is 43.6 Å². The molecule has 0 spiro atoms. The highest BCUT2D eigenvalue weighted by Crippen LogP contribution is 2.46. The number of alkyl halides is 3. The number of nitrogens with zero attached hydrogens (tertiary/aromatic N) is 4. The average molecular weight is 586 g/mol. The van der Waals surface area contributed by atoms with Gasteiger partial charge in [-0.1, -0.05) is 36.8 Å². The van der Waals surface area contributed by atoms with E-state index in [1.165, 1.54) is 50.8 Å². The van der Waals surface area contributed by atoms with E-state index >= 15 is 0 Å². The first-order valence-corrected chi connectivity index (χ1v) is 14.5. The van der Waals surface area contributed by atoms with Crippen LogP contribution in [0.5, 0.6) is 0 Å². The monoisotopic (exact) mass is 585 g/mol. The molecule has 0 unspecified atom stereocenters. The topological polar surface area (TPSA) is 146 Å². The number of ether oxygens (including phenoxy) is 2. The Bertz CT molecular complexity index is 1350. The molecule has 0 saturated carbocycles. The van der Waals surface area contributed by atoms with Crippen molar-refractivity contribution >= 4 is 30.4 Å². The maximum Gasteiger partial charge on any atom is 0.408 e. The second-order valence-corrected chi connectivity index (χ2v) is 12.3. The number of hydrogen-bond acceptors (Lipinski definition) is 8. The smallest absolute Gasteiger partial charge is 0.408 e. The largest absolute Gasteiger partial charge is 0.464 e. The highest BCUT2D eigenvalue weighted by atomic mass is 31.2. The van der Waals surface area contributed by atoms with Gasteiger partial charge in [-0.25, -0.2) is 25.1 Å². The predicted molar refractivity (Wildman–Crippen MR) is 144 cm³/mol. The predicted octanol–water partition coefficient (Wildman–Crippen LogP) is 4.49. The van der Waals surface area contributed by atoms with Gasteiger partial charge >= 0.3 is 12.1 Å². The number of aryl methyl sites for hydroxylation is 1. The third-order valence-corrected chi connectivity index (χ3v) is 8.02. The van der Waals surface area contributed by atoms with Gasteiger partial charge in [0.15, 0.2) is 11.5 Å². The molecule has 0 aliphatic rings. The first-order valence-electron chi connectivity index (χ1n) is 12.6. The number of imidazole rings is 1. The number of nitrogen functional groups attached to an aromatic ring is 1. The number of hydrogen-bond donors (Lipinski definition) is 3. The summed E-state index contributed by atoms with van der Waals surface area (Å²) in [7, 11) is -4.27. The molecule has 0 aliphatic carbocycles. The molecule has 40 heavy (non-hydrogen) atoms. The van der Waals surface area contributed by atoms with Gasteiger partial charge in [-0.3, -0.25) is 9.36 Å². The zero-order valence-electron chi connectivity index (χ0n) is 23.0. The summed E-state index contributed by atoms with van der Waals surface area (Å²) in [5.41, 5.74) is 5.69. The molecule has 2 aromatic heterocycles. The molecule has 1 aromatic carbocycles. The lowest BCUT2D eigenvalue weighted by Crippen LogP contribution is -2.50. The Hall–Kier alpha value is -3.06. The van der Waals surface area contributed by atoms with E-state index in [1.54, 1.807) is 25.3 Å². The Kier molecular flexibility index (Phi) is 9.94. The standard InChI is InChI=1S/C25H35F3N7O4P/c1-6-11-38-23(36)24(4,5)34-40(37,33-20(25(26,27)28)18-9-7-16(2)8-10-18)15-39-17(3)12-35-14-32-19-21(29)30-13-31-22(19)35/h7-10,13-14,17,20H,6,11-12,15H2,1-5H3,(H2,29,30,31)(H2,33,34,37)/t17-,20-,40+/m1/s1. The van der Waals surface area contributed by atoms with Crippen molar-refractivity contribution in [2.24, 2.45) is 0 Å². The zero-order chi connectivity index (χ0) is 29.7. The molecule has 0 radical (unpaired) electrons. The average Bonchev–Trinajstić information content (AvgIpc) is 3.28. The highest BCUT2D eigenvalue weighted by Gasteiger charge is 2.47. The molecule has 4 N–H and O–H groups in total. The molecular formula is C25H35F3N7O4P. The molecule has 220 valence electrons. The van der Waals surface area contributed by atoms with Gasteiger partial charge in [0, 0.05) is 0 Å². The summed E-state index contributed by atoms with van der Waals surface area (Å²) in [4.78, 5) is 24.9. The number of carbonyl (C=O) groups excluding carboxylic acids is 1. The van der Waals surface area contributed by atoms with Gasteiger partial charge in [0.1, 0.15) is 29.8 Å². The minimum absolute atomic E-state index is 0.108. The van der Waals surface area contributed by atoms with E-state index in [-0.39, 0.29) is 24.5 Å². The number of esters is 1. The van der Waals surface area contributed by atoms with Crippen molar-refractivity contribution in [3.05, 3.63) is 48.0 Å². The van der Waals surface area contributed by atoms with Gasteiger partial charge in [0.2, 0.25) is 7.44 Å². The quantitative estimate of drug-likeness (QED) is 0.194. The Balaban J connectivity index is 1.86. The number of nitrogens with one attached hydrogen (secondary N) is 2. The minimum Gasteiger partial charge on any atom is -0.464 e. The van der Waals surface area contributed by atoms with Crippen molar-refractivity contribution in [2.75, 3.05) is 18.7 Å². The van der Waals surface area contributed by atoms with Crippen LogP contribution < -0.4 is 15.9 Å². The van der Waals surface area contributed by atoms with Crippen LogP contribution in [0.15, 0.2) is 36.9 Å². The number of halogens is 3. The second kappa shape index (κ2) is 12.6. The lowest BCUT2D eigenvalue weighted by molar-refractivity contribution is -0.153. The number of carbonyl (C=O) groups is 1. The van der Waals surface area contributed by atoms with Crippen LogP contribution >= 0.6 is 7.44 Å². The second-order valence-electron chi connectivity index (χ2n) is 10.1. The minimum atomic E-state index is -4.81. The normalized spacial score (nSPS) is 15.5. The first kappa shape index (κ1) is 31.5. The van der Waals surface area contributed by atoms with E-state index in [1.807, 2.05) is 0 Å². The SMILES string of the molecule is CCCOC(=O)C(C)(C)N[P@](=O)(CO[C@H](C)Cn1cnc2c(N)ncnc21)N[C@H](c1ccc(C)cc1)C(F)(F)F. The molecule has 3 rings (SSSR count). The third-order valence-electron chi connectivity index (χ3n) is 5.91. The Morgan fingerprint density at radius 1 is 1.18 bits per heavy atom. The molecule has 0 amide bonds. The van der Waals surface area contributed by atoms with Gasteiger partial charge in [0.05, 0.1) is 25.6 Å². The summed E-state index contributed by atoms with van der Waals surface area (Å²) < 4.78 is 69.5. The van der Waals surface area contributed by atoms with Gasteiger partial charge in [0.25, 0.3) is 0 Å². The molecule has 3 aromatic rings. The number of benzene rings is 1. The van der Waals surface area contributed by atoms with Crippen LogP contribution in [0.1, 0.15) is 51.3 Å². The van der Waals surface area contributed by atoms with E-state index in [0.29, 0.717) is 17.6 Å². The number of nitrogens with two attached hydrogens (primary N) is 1. The van der Waals surface area contributed by atoms with E-state index in [0.717, 1.165) is 5.56 Å². The maximum atomic E-state index is 14.3. The van der Waals surface area contributed by atoms with Crippen molar-refractivity contribution in [2.45, 2.75) is 71.4 Å². The Morgan fingerprint density at radius 2 is 1.85 bits per heavy atom. The van der Waals surface area contributed by atoms with Gasteiger partial charge in [-0.15, -0.1) is 0 Å². The lowest BCUT2D eigenvalue weighted by Gasteiger charge is -2.34. The van der Waals surface area contributed by atoms with Gasteiger partial charge < -0.3 is 19.8 Å². The van der Waals surface area contributed by atoms with Crippen LogP contribution in [-0.2, 0) is 25.4 Å². The van der Waals surface area contributed by atoms with Crippen LogP contribution in [0.3, 0.4) is 0 Å². The molecule has 0 bridgehead atoms. The molecular weight excluding hydrogens is 550 g/mol. The van der Waals surface area contributed by atoms with Gasteiger partial charge in [-0.05, 0) is 39.7 Å². The number of fused-ring (bicyclic) bond motifs is 1. The fraction of sp³-hybridized carbons (Fsp3) is 0.520. The lowest BCUT2D eigenvalue weighted by atomic mass is 10.1. The Labute approximate surface area is 230 Å². The van der Waals surface area contributed by atoms with Crippen LogP contribution in [0, 0.1) is 6.92 Å².